The van der Waals surface area contributed by atoms with Crippen LogP contribution in [0.1, 0.15) is 36.0 Å². The first-order valence-corrected chi connectivity index (χ1v) is 6.71. The van der Waals surface area contributed by atoms with Crippen molar-refractivity contribution in [3.05, 3.63) is 34.9 Å². The molecule has 1 amide bonds. The van der Waals surface area contributed by atoms with Crippen LogP contribution in [0.5, 0.6) is 0 Å². The van der Waals surface area contributed by atoms with E-state index >= 15 is 0 Å². The summed E-state index contributed by atoms with van der Waals surface area (Å²) in [7, 11) is 0. The summed E-state index contributed by atoms with van der Waals surface area (Å²) in [4.78, 5) is 11.8. The largest absolute Gasteiger partial charge is 0.352 e. The highest BCUT2D eigenvalue weighted by Gasteiger charge is 2.17. The molecule has 1 heterocycles. The average Bonchev–Trinajstić information content (AvgIpc) is 2.83. The van der Waals surface area contributed by atoms with Crippen molar-refractivity contribution >= 4 is 5.91 Å². The molecule has 2 rings (SSSR count). The van der Waals surface area contributed by atoms with E-state index in [4.69, 9.17) is 0 Å². The van der Waals surface area contributed by atoms with Gasteiger partial charge in [-0.1, -0.05) is 18.2 Å². The molecule has 98 valence electrons. The predicted molar refractivity (Wildman–Crippen MR) is 73.4 cm³/mol. The maximum atomic E-state index is 11.8. The zero-order chi connectivity index (χ0) is 13.0. The van der Waals surface area contributed by atoms with Crippen molar-refractivity contribution in [3.8, 4) is 0 Å². The number of nitrogens with one attached hydrogen (secondary N) is 2. The van der Waals surface area contributed by atoms with E-state index in [1.807, 2.05) is 0 Å². The zero-order valence-electron chi connectivity index (χ0n) is 11.3. The van der Waals surface area contributed by atoms with Crippen molar-refractivity contribution in [2.45, 2.75) is 45.7 Å². The summed E-state index contributed by atoms with van der Waals surface area (Å²) in [5, 5.41) is 6.34. The van der Waals surface area contributed by atoms with Gasteiger partial charge in [-0.3, -0.25) is 4.79 Å². The molecule has 3 heteroatoms. The van der Waals surface area contributed by atoms with Crippen LogP contribution < -0.4 is 10.6 Å². The van der Waals surface area contributed by atoms with Gasteiger partial charge in [0.15, 0.2) is 0 Å². The van der Waals surface area contributed by atoms with Gasteiger partial charge in [0.2, 0.25) is 5.91 Å². The summed E-state index contributed by atoms with van der Waals surface area (Å²) >= 11 is 0. The van der Waals surface area contributed by atoms with Crippen LogP contribution in [0.3, 0.4) is 0 Å². The second-order valence-corrected chi connectivity index (χ2v) is 5.19. The molecule has 0 radical (unpaired) electrons. The van der Waals surface area contributed by atoms with Gasteiger partial charge in [0.1, 0.15) is 0 Å². The Balaban J connectivity index is 1.79. The van der Waals surface area contributed by atoms with E-state index in [0.29, 0.717) is 19.0 Å². The van der Waals surface area contributed by atoms with Gasteiger partial charge < -0.3 is 10.6 Å². The number of aryl methyl sites for hydroxylation is 2. The number of hydrogen-bond donors (Lipinski definition) is 2. The van der Waals surface area contributed by atoms with Crippen LogP contribution in [-0.2, 0) is 11.3 Å². The number of amides is 1. The normalized spacial score (nSPS) is 18.9. The molecule has 0 spiro atoms. The van der Waals surface area contributed by atoms with Crippen molar-refractivity contribution in [2.24, 2.45) is 0 Å². The zero-order valence-corrected chi connectivity index (χ0v) is 11.3. The molecule has 1 aliphatic rings. The monoisotopic (exact) mass is 246 g/mol. The minimum absolute atomic E-state index is 0.146. The van der Waals surface area contributed by atoms with Crippen LogP contribution in [-0.4, -0.2) is 18.5 Å². The molecule has 1 fully saturated rings. The molecule has 3 nitrogen and oxygen atoms in total. The molecule has 2 N–H and O–H groups in total. The van der Waals surface area contributed by atoms with E-state index in [0.717, 1.165) is 13.0 Å². The number of carbonyl (C=O) groups excluding carboxylic acids is 1. The van der Waals surface area contributed by atoms with E-state index in [9.17, 15) is 4.79 Å². The molecule has 18 heavy (non-hydrogen) atoms. The Labute approximate surface area is 109 Å². The summed E-state index contributed by atoms with van der Waals surface area (Å²) in [5.74, 6) is 0.146. The second-order valence-electron chi connectivity index (χ2n) is 5.19. The third-order valence-electron chi connectivity index (χ3n) is 3.66. The first kappa shape index (κ1) is 13.1. The van der Waals surface area contributed by atoms with Gasteiger partial charge in [0, 0.05) is 19.0 Å². The van der Waals surface area contributed by atoms with Crippen LogP contribution in [0.15, 0.2) is 18.2 Å². The van der Waals surface area contributed by atoms with Gasteiger partial charge in [-0.25, -0.2) is 0 Å². The summed E-state index contributed by atoms with van der Waals surface area (Å²) in [6, 6.07) is 6.71. The van der Waals surface area contributed by atoms with Crippen molar-refractivity contribution < 1.29 is 4.79 Å². The number of benzene rings is 1. The van der Waals surface area contributed by atoms with Crippen LogP contribution >= 0.6 is 0 Å². The quantitative estimate of drug-likeness (QED) is 0.854. The van der Waals surface area contributed by atoms with E-state index in [1.165, 1.54) is 23.1 Å². The van der Waals surface area contributed by atoms with Gasteiger partial charge in [0.25, 0.3) is 0 Å². The predicted octanol–water partition coefficient (Wildman–Crippen LogP) is 2.06. The fraction of sp³-hybridized carbons (Fsp3) is 0.533. The van der Waals surface area contributed by atoms with Gasteiger partial charge in [-0.2, -0.15) is 0 Å². The van der Waals surface area contributed by atoms with E-state index in [1.54, 1.807) is 0 Å². The first-order chi connectivity index (χ1) is 8.65. The molecule has 1 aliphatic heterocycles. The standard InChI is InChI=1S/C15H22N2O/c1-11-5-6-13(8-12(11)2)10-17-15(18)9-14-4-3-7-16-14/h5-6,8,14,16H,3-4,7,9-10H2,1-2H3,(H,17,18). The van der Waals surface area contributed by atoms with Gasteiger partial charge >= 0.3 is 0 Å². The molecule has 1 atom stereocenters. The van der Waals surface area contributed by atoms with Crippen molar-refractivity contribution in [1.82, 2.24) is 10.6 Å². The summed E-state index contributed by atoms with van der Waals surface area (Å²) < 4.78 is 0. The van der Waals surface area contributed by atoms with Crippen molar-refractivity contribution in [1.29, 1.82) is 0 Å². The van der Waals surface area contributed by atoms with Crippen molar-refractivity contribution in [3.63, 3.8) is 0 Å². The summed E-state index contributed by atoms with van der Waals surface area (Å²) in [6.45, 7) is 5.88. The highest BCUT2D eigenvalue weighted by atomic mass is 16.1. The Morgan fingerprint density at radius 3 is 2.89 bits per heavy atom. The number of hydrogen-bond acceptors (Lipinski definition) is 2. The Morgan fingerprint density at radius 2 is 2.22 bits per heavy atom. The van der Waals surface area contributed by atoms with Crippen LogP contribution in [0.4, 0.5) is 0 Å². The topological polar surface area (TPSA) is 41.1 Å². The molecule has 0 saturated carbocycles. The summed E-state index contributed by atoms with van der Waals surface area (Å²) in [5.41, 5.74) is 3.74. The van der Waals surface area contributed by atoms with E-state index in [-0.39, 0.29) is 5.91 Å². The highest BCUT2D eigenvalue weighted by molar-refractivity contribution is 5.76. The SMILES string of the molecule is Cc1ccc(CNC(=O)CC2CCCN2)cc1C. The van der Waals surface area contributed by atoms with Gasteiger partial charge in [-0.15, -0.1) is 0 Å². The first-order valence-electron chi connectivity index (χ1n) is 6.71. The average molecular weight is 246 g/mol. The minimum Gasteiger partial charge on any atom is -0.352 e. The molecule has 0 aliphatic carbocycles. The summed E-state index contributed by atoms with van der Waals surface area (Å²) in [6.07, 6.45) is 2.91. The Bertz CT molecular complexity index is 423. The minimum atomic E-state index is 0.146. The van der Waals surface area contributed by atoms with E-state index in [2.05, 4.69) is 42.7 Å². The maximum absolute atomic E-state index is 11.8. The van der Waals surface area contributed by atoms with Gasteiger partial charge in [0.05, 0.1) is 0 Å². The maximum Gasteiger partial charge on any atom is 0.221 e. The lowest BCUT2D eigenvalue weighted by Gasteiger charge is -2.11. The lowest BCUT2D eigenvalue weighted by Crippen LogP contribution is -2.31. The smallest absolute Gasteiger partial charge is 0.221 e. The van der Waals surface area contributed by atoms with Crippen LogP contribution in [0.25, 0.3) is 0 Å². The molecule has 0 aromatic heterocycles. The third-order valence-corrected chi connectivity index (χ3v) is 3.66. The van der Waals surface area contributed by atoms with E-state index < -0.39 is 0 Å². The Morgan fingerprint density at radius 1 is 1.39 bits per heavy atom. The molecule has 1 aromatic carbocycles. The molecular formula is C15H22N2O. The van der Waals surface area contributed by atoms with Crippen molar-refractivity contribution in [2.75, 3.05) is 6.54 Å². The Kier molecular flexibility index (Phi) is 4.37. The van der Waals surface area contributed by atoms with Crippen LogP contribution in [0.2, 0.25) is 0 Å². The number of carbonyl (C=O) groups is 1. The second kappa shape index (κ2) is 6.01. The Hall–Kier alpha value is -1.35. The van der Waals surface area contributed by atoms with Crippen LogP contribution in [0, 0.1) is 13.8 Å². The molecule has 0 bridgehead atoms. The molecule has 1 aromatic rings. The van der Waals surface area contributed by atoms with Gasteiger partial charge in [-0.05, 0) is 49.9 Å². The molecule has 1 saturated heterocycles. The third kappa shape index (κ3) is 3.57. The highest BCUT2D eigenvalue weighted by Crippen LogP contribution is 2.11. The number of rotatable bonds is 4. The molecule has 1 unspecified atom stereocenters. The molecular weight excluding hydrogens is 224 g/mol. The lowest BCUT2D eigenvalue weighted by molar-refractivity contribution is -0.121. The fourth-order valence-electron chi connectivity index (χ4n) is 2.34. The lowest BCUT2D eigenvalue weighted by atomic mass is 10.1. The fourth-order valence-corrected chi connectivity index (χ4v) is 2.34.